The topological polar surface area (TPSA) is 38.5 Å². The molecular formula is C17H27FN2O. The average Bonchev–Trinajstić information content (AvgIpc) is 2.50. The van der Waals surface area contributed by atoms with Gasteiger partial charge in [-0.2, -0.15) is 0 Å². The van der Waals surface area contributed by atoms with Gasteiger partial charge in [0.1, 0.15) is 0 Å². The summed E-state index contributed by atoms with van der Waals surface area (Å²) in [6, 6.07) is 5.14. The second-order valence-corrected chi connectivity index (χ2v) is 6.45. The second-order valence-electron chi connectivity index (χ2n) is 6.45. The fourth-order valence-electron chi connectivity index (χ4n) is 3.06. The van der Waals surface area contributed by atoms with Gasteiger partial charge in [-0.05, 0) is 57.8 Å². The molecule has 0 aromatic heterocycles. The number of piperidine rings is 1. The van der Waals surface area contributed by atoms with Gasteiger partial charge in [-0.3, -0.25) is 4.90 Å². The zero-order chi connectivity index (χ0) is 15.5. The number of methoxy groups -OCH3 is 1. The van der Waals surface area contributed by atoms with Crippen molar-refractivity contribution in [1.29, 1.82) is 0 Å². The molecule has 0 bridgehead atoms. The Balaban J connectivity index is 2.11. The Labute approximate surface area is 127 Å². The maximum absolute atomic E-state index is 14.3. The molecule has 0 radical (unpaired) electrons. The lowest BCUT2D eigenvalue weighted by atomic mass is 9.86. The minimum atomic E-state index is -0.287. The van der Waals surface area contributed by atoms with Gasteiger partial charge in [0.05, 0.1) is 7.11 Å². The van der Waals surface area contributed by atoms with Crippen molar-refractivity contribution in [2.24, 2.45) is 5.73 Å². The number of nitrogens with two attached hydrogens (primary N) is 1. The van der Waals surface area contributed by atoms with Crippen LogP contribution in [-0.4, -0.2) is 36.7 Å². The number of benzene rings is 1. The van der Waals surface area contributed by atoms with Crippen molar-refractivity contribution >= 4 is 0 Å². The fourth-order valence-corrected chi connectivity index (χ4v) is 3.06. The standard InChI is InChI=1S/C17H27FN2O/c1-17(2,20-10-5-4-6-11-20)15(19)12-13-8-7-9-14(21-3)16(13)18/h7-9,15H,4-6,10-12,19H2,1-3H3. The van der Waals surface area contributed by atoms with Gasteiger partial charge < -0.3 is 10.5 Å². The van der Waals surface area contributed by atoms with E-state index in [4.69, 9.17) is 10.5 Å². The molecule has 1 aliphatic heterocycles. The van der Waals surface area contributed by atoms with E-state index in [2.05, 4.69) is 18.7 Å². The van der Waals surface area contributed by atoms with Crippen LogP contribution in [0, 0.1) is 5.82 Å². The van der Waals surface area contributed by atoms with Crippen molar-refractivity contribution in [3.63, 3.8) is 0 Å². The maximum Gasteiger partial charge on any atom is 0.168 e. The third-order valence-electron chi connectivity index (χ3n) is 4.78. The molecule has 1 unspecified atom stereocenters. The maximum atomic E-state index is 14.3. The van der Waals surface area contributed by atoms with Crippen molar-refractivity contribution in [2.75, 3.05) is 20.2 Å². The quantitative estimate of drug-likeness (QED) is 0.907. The Morgan fingerprint density at radius 3 is 2.57 bits per heavy atom. The highest BCUT2D eigenvalue weighted by Crippen LogP contribution is 2.27. The Hall–Kier alpha value is -1.13. The summed E-state index contributed by atoms with van der Waals surface area (Å²) in [4.78, 5) is 2.44. The molecule has 0 spiro atoms. The molecule has 1 saturated heterocycles. The summed E-state index contributed by atoms with van der Waals surface area (Å²) < 4.78 is 19.3. The summed E-state index contributed by atoms with van der Waals surface area (Å²) in [6.07, 6.45) is 4.27. The van der Waals surface area contributed by atoms with E-state index >= 15 is 0 Å². The Morgan fingerprint density at radius 2 is 1.95 bits per heavy atom. The molecule has 0 aliphatic carbocycles. The predicted octanol–water partition coefficient (Wildman–Crippen LogP) is 2.97. The molecule has 0 amide bonds. The van der Waals surface area contributed by atoms with Gasteiger partial charge in [0.25, 0.3) is 0 Å². The summed E-state index contributed by atoms with van der Waals surface area (Å²) in [5.41, 5.74) is 6.93. The van der Waals surface area contributed by atoms with Crippen molar-refractivity contribution in [1.82, 2.24) is 4.90 Å². The van der Waals surface area contributed by atoms with Crippen molar-refractivity contribution < 1.29 is 9.13 Å². The van der Waals surface area contributed by atoms with E-state index in [9.17, 15) is 4.39 Å². The van der Waals surface area contributed by atoms with Gasteiger partial charge in [-0.1, -0.05) is 18.6 Å². The summed E-state index contributed by atoms with van der Waals surface area (Å²) in [5, 5.41) is 0. The smallest absolute Gasteiger partial charge is 0.168 e. The molecule has 4 heteroatoms. The van der Waals surface area contributed by atoms with Crippen LogP contribution in [0.5, 0.6) is 5.75 Å². The lowest BCUT2D eigenvalue weighted by Gasteiger charge is -2.44. The lowest BCUT2D eigenvalue weighted by molar-refractivity contribution is 0.0729. The second kappa shape index (κ2) is 6.75. The molecule has 1 aliphatic rings. The van der Waals surface area contributed by atoms with Crippen LogP contribution >= 0.6 is 0 Å². The molecular weight excluding hydrogens is 267 g/mol. The molecule has 1 aromatic rings. The number of likely N-dealkylation sites (tertiary alicyclic amines) is 1. The highest BCUT2D eigenvalue weighted by Gasteiger charge is 2.34. The van der Waals surface area contributed by atoms with Gasteiger partial charge in [-0.25, -0.2) is 4.39 Å². The number of nitrogens with zero attached hydrogens (tertiary/aromatic N) is 1. The van der Waals surface area contributed by atoms with Crippen LogP contribution in [0.15, 0.2) is 18.2 Å². The zero-order valence-corrected chi connectivity index (χ0v) is 13.4. The van der Waals surface area contributed by atoms with E-state index in [0.717, 1.165) is 13.1 Å². The van der Waals surface area contributed by atoms with E-state index in [1.165, 1.54) is 26.4 Å². The van der Waals surface area contributed by atoms with Crippen LogP contribution in [0.25, 0.3) is 0 Å². The average molecular weight is 294 g/mol. The minimum Gasteiger partial charge on any atom is -0.494 e. The lowest BCUT2D eigenvalue weighted by Crippen LogP contribution is -2.58. The van der Waals surface area contributed by atoms with Crippen LogP contribution in [0.4, 0.5) is 4.39 Å². The van der Waals surface area contributed by atoms with E-state index in [-0.39, 0.29) is 23.1 Å². The van der Waals surface area contributed by atoms with Gasteiger partial charge >= 0.3 is 0 Å². The summed E-state index contributed by atoms with van der Waals surface area (Å²) in [5.74, 6) is 0.000345. The molecule has 1 atom stereocenters. The first-order valence-corrected chi connectivity index (χ1v) is 7.79. The van der Waals surface area contributed by atoms with Gasteiger partial charge in [-0.15, -0.1) is 0 Å². The van der Waals surface area contributed by atoms with Crippen molar-refractivity contribution in [3.05, 3.63) is 29.6 Å². The first-order valence-electron chi connectivity index (χ1n) is 7.79. The molecule has 0 saturated carbocycles. The summed E-state index contributed by atoms with van der Waals surface area (Å²) >= 11 is 0. The number of halogens is 1. The van der Waals surface area contributed by atoms with Crippen molar-refractivity contribution in [2.45, 2.75) is 51.1 Å². The Morgan fingerprint density at radius 1 is 1.29 bits per heavy atom. The van der Waals surface area contributed by atoms with Crippen molar-refractivity contribution in [3.8, 4) is 5.75 Å². The van der Waals surface area contributed by atoms with Crippen LogP contribution < -0.4 is 10.5 Å². The van der Waals surface area contributed by atoms with Gasteiger partial charge in [0.15, 0.2) is 11.6 Å². The third-order valence-corrected chi connectivity index (χ3v) is 4.78. The van der Waals surface area contributed by atoms with E-state index in [0.29, 0.717) is 12.0 Å². The zero-order valence-electron chi connectivity index (χ0n) is 13.4. The normalized spacial score (nSPS) is 18.5. The number of hydrogen-bond donors (Lipinski definition) is 1. The molecule has 1 fully saturated rings. The summed E-state index contributed by atoms with van der Waals surface area (Å²) in [7, 11) is 1.49. The fraction of sp³-hybridized carbons (Fsp3) is 0.647. The highest BCUT2D eigenvalue weighted by molar-refractivity contribution is 5.31. The molecule has 1 heterocycles. The number of hydrogen-bond acceptors (Lipinski definition) is 3. The number of ether oxygens (including phenoxy) is 1. The van der Waals surface area contributed by atoms with Crippen LogP contribution in [0.1, 0.15) is 38.7 Å². The summed E-state index contributed by atoms with van der Waals surface area (Å²) in [6.45, 7) is 6.50. The first-order chi connectivity index (χ1) is 9.96. The monoisotopic (exact) mass is 294 g/mol. The van der Waals surface area contributed by atoms with E-state index in [1.54, 1.807) is 12.1 Å². The SMILES string of the molecule is COc1cccc(CC(N)C(C)(C)N2CCCCC2)c1F. The molecule has 2 N–H and O–H groups in total. The third kappa shape index (κ3) is 3.55. The van der Waals surface area contributed by atoms with Gasteiger partial charge in [0.2, 0.25) is 0 Å². The first kappa shape index (κ1) is 16.2. The molecule has 118 valence electrons. The largest absolute Gasteiger partial charge is 0.494 e. The van der Waals surface area contributed by atoms with Crippen LogP contribution in [0.2, 0.25) is 0 Å². The molecule has 21 heavy (non-hydrogen) atoms. The highest BCUT2D eigenvalue weighted by atomic mass is 19.1. The molecule has 1 aromatic carbocycles. The Kier molecular flexibility index (Phi) is 5.22. The Bertz CT molecular complexity index is 470. The van der Waals surface area contributed by atoms with Crippen LogP contribution in [0.3, 0.4) is 0 Å². The number of rotatable bonds is 5. The van der Waals surface area contributed by atoms with Crippen LogP contribution in [-0.2, 0) is 6.42 Å². The molecule has 3 nitrogen and oxygen atoms in total. The minimum absolute atomic E-state index is 0.114. The van der Waals surface area contributed by atoms with Gasteiger partial charge in [0, 0.05) is 11.6 Å². The molecule has 2 rings (SSSR count). The van der Waals surface area contributed by atoms with E-state index in [1.807, 2.05) is 6.07 Å². The van der Waals surface area contributed by atoms with E-state index < -0.39 is 0 Å². The predicted molar refractivity (Wildman–Crippen MR) is 84.1 cm³/mol.